The summed E-state index contributed by atoms with van der Waals surface area (Å²) < 4.78 is 5.31. The van der Waals surface area contributed by atoms with Gasteiger partial charge in [-0.05, 0) is 19.3 Å². The van der Waals surface area contributed by atoms with Crippen molar-refractivity contribution < 1.29 is 14.9 Å². The molecule has 0 radical (unpaired) electrons. The van der Waals surface area contributed by atoms with Gasteiger partial charge in [0, 0.05) is 0 Å². The summed E-state index contributed by atoms with van der Waals surface area (Å²) in [7, 11) is 0. The van der Waals surface area contributed by atoms with Crippen LogP contribution >= 0.6 is 0 Å². The molecule has 1 rings (SSSR count). The molecule has 0 saturated carbocycles. The van der Waals surface area contributed by atoms with Crippen molar-refractivity contribution in [1.29, 1.82) is 0 Å². The van der Waals surface area contributed by atoms with Gasteiger partial charge < -0.3 is 14.9 Å². The van der Waals surface area contributed by atoms with Crippen LogP contribution in [0.2, 0.25) is 0 Å². The van der Waals surface area contributed by atoms with Crippen molar-refractivity contribution in [3.05, 3.63) is 0 Å². The minimum atomic E-state index is -0.691. The van der Waals surface area contributed by atoms with E-state index in [4.69, 9.17) is 4.74 Å². The number of ether oxygens (including phenoxy) is 1. The van der Waals surface area contributed by atoms with Gasteiger partial charge in [-0.3, -0.25) is 0 Å². The summed E-state index contributed by atoms with van der Waals surface area (Å²) in [5.74, 6) is 0. The van der Waals surface area contributed by atoms with Crippen LogP contribution in [0.4, 0.5) is 0 Å². The van der Waals surface area contributed by atoms with Gasteiger partial charge >= 0.3 is 0 Å². The lowest BCUT2D eigenvalue weighted by Crippen LogP contribution is -2.21. The summed E-state index contributed by atoms with van der Waals surface area (Å²) in [5.41, 5.74) is 0. The first kappa shape index (κ1) is 17.9. The average Bonchev–Trinajstić information content (AvgIpc) is 2.44. The largest absolute Gasteiger partial charge is 0.391 e. The monoisotopic (exact) mass is 286 g/mol. The smallest absolute Gasteiger partial charge is 0.154 e. The Balaban J connectivity index is 2.17. The van der Waals surface area contributed by atoms with Crippen LogP contribution in [0.3, 0.4) is 0 Å². The summed E-state index contributed by atoms with van der Waals surface area (Å²) >= 11 is 0. The minimum Gasteiger partial charge on any atom is -0.391 e. The summed E-state index contributed by atoms with van der Waals surface area (Å²) in [6.45, 7) is 0.279. The molecule has 0 aromatic carbocycles. The SMILES string of the molecule is OC1CCCCCCCCCCCCCCC(O)OC1. The number of aliphatic hydroxyl groups is 2. The van der Waals surface area contributed by atoms with Crippen LogP contribution in [0.15, 0.2) is 0 Å². The Labute approximate surface area is 124 Å². The van der Waals surface area contributed by atoms with Gasteiger partial charge in [0.1, 0.15) is 0 Å². The summed E-state index contributed by atoms with van der Waals surface area (Å²) in [6, 6.07) is 0. The van der Waals surface area contributed by atoms with Crippen LogP contribution in [-0.2, 0) is 4.74 Å². The van der Waals surface area contributed by atoms with Crippen molar-refractivity contribution in [2.75, 3.05) is 6.61 Å². The molecule has 0 spiro atoms. The second-order valence-corrected chi connectivity index (χ2v) is 6.26. The maximum atomic E-state index is 9.78. The molecule has 0 aromatic rings. The van der Waals surface area contributed by atoms with Crippen molar-refractivity contribution in [1.82, 2.24) is 0 Å². The highest BCUT2D eigenvalue weighted by atomic mass is 16.6. The predicted octanol–water partition coefficient (Wildman–Crippen LogP) is 4.16. The molecule has 2 N–H and O–H groups in total. The van der Waals surface area contributed by atoms with Gasteiger partial charge in [-0.1, -0.05) is 70.6 Å². The Hall–Kier alpha value is -0.120. The van der Waals surface area contributed by atoms with Crippen molar-refractivity contribution in [3.8, 4) is 0 Å². The van der Waals surface area contributed by atoms with E-state index in [1.165, 1.54) is 64.2 Å². The molecule has 3 nitrogen and oxygen atoms in total. The second kappa shape index (κ2) is 12.6. The lowest BCUT2D eigenvalue weighted by atomic mass is 10.0. The fourth-order valence-corrected chi connectivity index (χ4v) is 2.86. The Morgan fingerprint density at radius 2 is 0.950 bits per heavy atom. The second-order valence-electron chi connectivity index (χ2n) is 6.26. The van der Waals surface area contributed by atoms with E-state index < -0.39 is 12.4 Å². The molecule has 0 aliphatic carbocycles. The molecule has 1 aliphatic rings. The number of rotatable bonds is 0. The van der Waals surface area contributed by atoms with Gasteiger partial charge in [0.05, 0.1) is 12.7 Å². The standard InChI is InChI=1S/C17H34O3/c18-16-13-11-9-7-5-3-1-2-4-6-8-10-12-14-17(19)20-15-16/h16-19H,1-15H2. The van der Waals surface area contributed by atoms with Crippen LogP contribution in [0.5, 0.6) is 0 Å². The number of hydrogen-bond acceptors (Lipinski definition) is 3. The molecule has 1 heterocycles. The van der Waals surface area contributed by atoms with E-state index in [1.54, 1.807) is 0 Å². The average molecular weight is 286 g/mol. The van der Waals surface area contributed by atoms with E-state index in [0.717, 1.165) is 19.3 Å². The van der Waals surface area contributed by atoms with Crippen LogP contribution < -0.4 is 0 Å². The van der Waals surface area contributed by atoms with Crippen LogP contribution in [0, 0.1) is 0 Å². The third kappa shape index (κ3) is 10.6. The van der Waals surface area contributed by atoms with Gasteiger partial charge in [0.25, 0.3) is 0 Å². The van der Waals surface area contributed by atoms with Crippen molar-refractivity contribution in [2.24, 2.45) is 0 Å². The zero-order valence-electron chi connectivity index (χ0n) is 13.1. The predicted molar refractivity (Wildman–Crippen MR) is 82.6 cm³/mol. The molecule has 1 aliphatic heterocycles. The topological polar surface area (TPSA) is 49.7 Å². The fraction of sp³-hybridized carbons (Fsp3) is 1.00. The van der Waals surface area contributed by atoms with Crippen LogP contribution in [0.25, 0.3) is 0 Å². The molecular weight excluding hydrogens is 252 g/mol. The molecule has 3 heteroatoms. The summed E-state index contributed by atoms with van der Waals surface area (Å²) in [4.78, 5) is 0. The van der Waals surface area contributed by atoms with E-state index in [1.807, 2.05) is 0 Å². The lowest BCUT2D eigenvalue weighted by molar-refractivity contribution is -0.126. The zero-order chi connectivity index (χ0) is 14.5. The van der Waals surface area contributed by atoms with Crippen molar-refractivity contribution in [2.45, 2.75) is 102 Å². The molecule has 0 aromatic heterocycles. The first-order chi connectivity index (χ1) is 9.79. The molecule has 1 fully saturated rings. The summed E-state index contributed by atoms with van der Waals surface area (Å²) in [6.07, 6.45) is 15.6. The third-order valence-electron chi connectivity index (χ3n) is 4.22. The van der Waals surface area contributed by atoms with Gasteiger partial charge in [-0.2, -0.15) is 0 Å². The van der Waals surface area contributed by atoms with E-state index in [2.05, 4.69) is 0 Å². The Morgan fingerprint density at radius 1 is 0.550 bits per heavy atom. The van der Waals surface area contributed by atoms with Gasteiger partial charge in [0.2, 0.25) is 0 Å². The van der Waals surface area contributed by atoms with E-state index in [0.29, 0.717) is 6.42 Å². The Morgan fingerprint density at radius 3 is 1.45 bits per heavy atom. The highest BCUT2D eigenvalue weighted by Gasteiger charge is 2.09. The van der Waals surface area contributed by atoms with Gasteiger partial charge in [-0.25, -0.2) is 0 Å². The normalized spacial score (nSPS) is 30.3. The lowest BCUT2D eigenvalue weighted by Gasteiger charge is -2.15. The van der Waals surface area contributed by atoms with Crippen LogP contribution in [0.1, 0.15) is 89.9 Å². The number of aliphatic hydroxyl groups excluding tert-OH is 2. The van der Waals surface area contributed by atoms with E-state index in [9.17, 15) is 10.2 Å². The molecule has 0 amide bonds. The Bertz CT molecular complexity index is 186. The third-order valence-corrected chi connectivity index (χ3v) is 4.22. The highest BCUT2D eigenvalue weighted by Crippen LogP contribution is 2.15. The zero-order valence-corrected chi connectivity index (χ0v) is 13.1. The highest BCUT2D eigenvalue weighted by molar-refractivity contribution is 4.57. The molecule has 2 unspecified atom stereocenters. The molecular formula is C17H34O3. The van der Waals surface area contributed by atoms with Crippen molar-refractivity contribution in [3.63, 3.8) is 0 Å². The Kier molecular flexibility index (Phi) is 11.3. The van der Waals surface area contributed by atoms with Gasteiger partial charge in [-0.15, -0.1) is 0 Å². The van der Waals surface area contributed by atoms with Crippen molar-refractivity contribution >= 4 is 0 Å². The van der Waals surface area contributed by atoms with E-state index in [-0.39, 0.29) is 6.61 Å². The molecule has 20 heavy (non-hydrogen) atoms. The van der Waals surface area contributed by atoms with E-state index >= 15 is 0 Å². The first-order valence-electron chi connectivity index (χ1n) is 8.77. The molecule has 1 saturated heterocycles. The van der Waals surface area contributed by atoms with Gasteiger partial charge in [0.15, 0.2) is 6.29 Å². The fourth-order valence-electron chi connectivity index (χ4n) is 2.86. The summed E-state index contributed by atoms with van der Waals surface area (Å²) in [5, 5.41) is 19.5. The molecule has 0 bridgehead atoms. The maximum absolute atomic E-state index is 9.78. The van der Waals surface area contributed by atoms with Crippen LogP contribution in [-0.4, -0.2) is 29.2 Å². The first-order valence-corrected chi connectivity index (χ1v) is 8.77. The molecule has 120 valence electrons. The minimum absolute atomic E-state index is 0.279. The number of hydrogen-bond donors (Lipinski definition) is 2. The maximum Gasteiger partial charge on any atom is 0.154 e. The quantitative estimate of drug-likeness (QED) is 0.703. The molecule has 2 atom stereocenters.